The van der Waals surface area contributed by atoms with Crippen LogP contribution in [-0.4, -0.2) is 14.2 Å². The Morgan fingerprint density at radius 3 is 2.48 bits per heavy atom. The van der Waals surface area contributed by atoms with Crippen LogP contribution in [0.5, 0.6) is 0 Å². The van der Waals surface area contributed by atoms with Crippen molar-refractivity contribution in [1.29, 1.82) is 0 Å². The van der Waals surface area contributed by atoms with Crippen molar-refractivity contribution in [2.75, 3.05) is 5.75 Å². The molecule has 0 bridgehead atoms. The van der Waals surface area contributed by atoms with E-state index in [1.54, 1.807) is 0 Å². The summed E-state index contributed by atoms with van der Waals surface area (Å²) in [6.07, 6.45) is 0.515. The predicted octanol–water partition coefficient (Wildman–Crippen LogP) is 3.67. The van der Waals surface area contributed by atoms with Crippen molar-refractivity contribution in [2.45, 2.75) is 19.4 Å². The number of rotatable bonds is 6. The topological polar surface area (TPSA) is 46.2 Å². The normalized spacial score (nSPS) is 13.0. The zero-order valence-electron chi connectivity index (χ0n) is 11.8. The van der Waals surface area contributed by atoms with Crippen molar-refractivity contribution >= 4 is 26.0 Å². The van der Waals surface area contributed by atoms with Gasteiger partial charge in [0, 0.05) is 10.5 Å². The summed E-state index contributed by atoms with van der Waals surface area (Å²) in [5.74, 6) is 0.0926. The van der Waals surface area contributed by atoms with E-state index in [0.717, 1.165) is 15.6 Å². The van der Waals surface area contributed by atoms with Gasteiger partial charge in [0.25, 0.3) is 0 Å². The fourth-order valence-electron chi connectivity index (χ4n) is 2.07. The van der Waals surface area contributed by atoms with Crippen LogP contribution in [0, 0.1) is 0 Å². The van der Waals surface area contributed by atoms with Crippen LogP contribution in [-0.2, 0) is 16.4 Å². The smallest absolute Gasteiger partial charge is 0.212 e. The molecule has 0 saturated heterocycles. The zero-order valence-corrected chi connectivity index (χ0v) is 14.2. The van der Waals surface area contributed by atoms with E-state index in [9.17, 15) is 8.42 Å². The summed E-state index contributed by atoms with van der Waals surface area (Å²) < 4.78 is 28.0. The van der Waals surface area contributed by atoms with Crippen LogP contribution in [0.2, 0.25) is 0 Å². The monoisotopic (exact) mass is 367 g/mol. The molecule has 2 aromatic rings. The molecular weight excluding hydrogens is 350 g/mol. The van der Waals surface area contributed by atoms with Gasteiger partial charge >= 0.3 is 0 Å². The number of halogens is 1. The Bertz CT molecular complexity index is 686. The Labute approximate surface area is 134 Å². The van der Waals surface area contributed by atoms with E-state index in [2.05, 4.69) is 20.7 Å². The summed E-state index contributed by atoms with van der Waals surface area (Å²) in [7, 11) is -3.31. The molecule has 3 nitrogen and oxygen atoms in total. The molecule has 21 heavy (non-hydrogen) atoms. The number of hydrogen-bond acceptors (Lipinski definition) is 2. The SMILES string of the molecule is CC(NS(=O)(=O)CCc1ccccc1)c1cccc(Br)c1. The van der Waals surface area contributed by atoms with Crippen molar-refractivity contribution < 1.29 is 8.42 Å². The maximum absolute atomic E-state index is 12.1. The number of sulfonamides is 1. The molecule has 2 aromatic carbocycles. The number of nitrogens with one attached hydrogen (secondary N) is 1. The maximum atomic E-state index is 12.1. The molecule has 0 amide bonds. The molecule has 0 saturated carbocycles. The summed E-state index contributed by atoms with van der Waals surface area (Å²) in [5.41, 5.74) is 1.96. The first-order chi connectivity index (χ1) is 9.96. The van der Waals surface area contributed by atoms with Crippen molar-refractivity contribution in [2.24, 2.45) is 0 Å². The molecule has 0 fully saturated rings. The Hall–Kier alpha value is -1.17. The molecule has 0 aromatic heterocycles. The van der Waals surface area contributed by atoms with Gasteiger partial charge in [0.1, 0.15) is 0 Å². The zero-order chi connectivity index (χ0) is 15.3. The predicted molar refractivity (Wildman–Crippen MR) is 89.6 cm³/mol. The molecule has 1 N–H and O–H groups in total. The lowest BCUT2D eigenvalue weighted by Crippen LogP contribution is -2.29. The van der Waals surface area contributed by atoms with Crippen LogP contribution in [0.15, 0.2) is 59.1 Å². The maximum Gasteiger partial charge on any atom is 0.212 e. The van der Waals surface area contributed by atoms with E-state index in [1.165, 1.54) is 0 Å². The van der Waals surface area contributed by atoms with Gasteiger partial charge < -0.3 is 0 Å². The molecule has 1 unspecified atom stereocenters. The summed E-state index contributed by atoms with van der Waals surface area (Å²) in [4.78, 5) is 0. The summed E-state index contributed by atoms with van der Waals surface area (Å²) in [6, 6.07) is 17.0. The second kappa shape index (κ2) is 7.20. The van der Waals surface area contributed by atoms with Crippen LogP contribution >= 0.6 is 15.9 Å². The molecule has 0 aliphatic heterocycles. The van der Waals surface area contributed by atoms with Crippen LogP contribution in [0.4, 0.5) is 0 Å². The Morgan fingerprint density at radius 2 is 1.81 bits per heavy atom. The van der Waals surface area contributed by atoms with E-state index in [0.29, 0.717) is 6.42 Å². The fraction of sp³-hybridized carbons (Fsp3) is 0.250. The molecule has 0 aliphatic carbocycles. The van der Waals surface area contributed by atoms with Crippen molar-refractivity contribution in [3.63, 3.8) is 0 Å². The second-order valence-corrected chi connectivity index (χ2v) is 7.74. The van der Waals surface area contributed by atoms with E-state index < -0.39 is 10.0 Å². The summed E-state index contributed by atoms with van der Waals surface area (Å²) >= 11 is 3.39. The van der Waals surface area contributed by atoms with E-state index in [4.69, 9.17) is 0 Å². The van der Waals surface area contributed by atoms with Crippen molar-refractivity contribution in [3.05, 3.63) is 70.2 Å². The second-order valence-electron chi connectivity index (χ2n) is 4.95. The molecule has 0 aliphatic rings. The molecule has 0 spiro atoms. The highest BCUT2D eigenvalue weighted by molar-refractivity contribution is 9.10. The highest BCUT2D eigenvalue weighted by atomic mass is 79.9. The van der Waals surface area contributed by atoms with Gasteiger partial charge in [0.15, 0.2) is 0 Å². The molecule has 1 atom stereocenters. The molecule has 0 heterocycles. The third kappa shape index (κ3) is 5.26. The van der Waals surface area contributed by atoms with Gasteiger partial charge in [-0.2, -0.15) is 0 Å². The number of aryl methyl sites for hydroxylation is 1. The van der Waals surface area contributed by atoms with Gasteiger partial charge in [-0.3, -0.25) is 0 Å². The lowest BCUT2D eigenvalue weighted by atomic mass is 10.1. The van der Waals surface area contributed by atoms with E-state index in [1.807, 2.05) is 61.5 Å². The van der Waals surface area contributed by atoms with Crippen molar-refractivity contribution in [3.8, 4) is 0 Å². The summed E-state index contributed by atoms with van der Waals surface area (Å²) in [6.45, 7) is 1.85. The number of hydrogen-bond donors (Lipinski definition) is 1. The average molecular weight is 368 g/mol. The highest BCUT2D eigenvalue weighted by Gasteiger charge is 2.15. The summed E-state index contributed by atoms with van der Waals surface area (Å²) in [5, 5.41) is 0. The number of benzene rings is 2. The van der Waals surface area contributed by atoms with Gasteiger partial charge in [0.2, 0.25) is 10.0 Å². The van der Waals surface area contributed by atoms with E-state index >= 15 is 0 Å². The quantitative estimate of drug-likeness (QED) is 0.846. The third-order valence-electron chi connectivity index (χ3n) is 3.21. The van der Waals surface area contributed by atoms with E-state index in [-0.39, 0.29) is 11.8 Å². The van der Waals surface area contributed by atoms with Gasteiger partial charge in [-0.25, -0.2) is 13.1 Å². The molecule has 112 valence electrons. The lowest BCUT2D eigenvalue weighted by Gasteiger charge is -2.15. The van der Waals surface area contributed by atoms with Crippen LogP contribution < -0.4 is 4.72 Å². The largest absolute Gasteiger partial charge is 0.212 e. The minimum atomic E-state index is -3.31. The van der Waals surface area contributed by atoms with Crippen molar-refractivity contribution in [1.82, 2.24) is 4.72 Å². The fourth-order valence-corrected chi connectivity index (χ4v) is 3.78. The van der Waals surface area contributed by atoms with Crippen LogP contribution in [0.25, 0.3) is 0 Å². The van der Waals surface area contributed by atoms with Gasteiger partial charge in [0.05, 0.1) is 5.75 Å². The molecule has 0 radical (unpaired) electrons. The molecule has 2 rings (SSSR count). The van der Waals surface area contributed by atoms with Gasteiger partial charge in [-0.1, -0.05) is 58.4 Å². The molecule has 5 heteroatoms. The van der Waals surface area contributed by atoms with Gasteiger partial charge in [-0.15, -0.1) is 0 Å². The highest BCUT2D eigenvalue weighted by Crippen LogP contribution is 2.18. The third-order valence-corrected chi connectivity index (χ3v) is 5.15. The Kier molecular flexibility index (Phi) is 5.56. The first-order valence-corrected chi connectivity index (χ1v) is 9.20. The minimum absolute atomic E-state index is 0.0926. The molecular formula is C16H18BrNO2S. The Balaban J connectivity index is 1.97. The van der Waals surface area contributed by atoms with Crippen LogP contribution in [0.3, 0.4) is 0 Å². The minimum Gasteiger partial charge on any atom is -0.212 e. The standard InChI is InChI=1S/C16H18BrNO2S/c1-13(15-8-5-9-16(17)12-15)18-21(19,20)11-10-14-6-3-2-4-7-14/h2-9,12-13,18H,10-11H2,1H3. The average Bonchev–Trinajstić information content (AvgIpc) is 2.46. The van der Waals surface area contributed by atoms with Gasteiger partial charge in [-0.05, 0) is 36.6 Å². The first-order valence-electron chi connectivity index (χ1n) is 6.76. The lowest BCUT2D eigenvalue weighted by molar-refractivity contribution is 0.566. The Morgan fingerprint density at radius 1 is 1.10 bits per heavy atom. The van der Waals surface area contributed by atoms with Crippen LogP contribution in [0.1, 0.15) is 24.1 Å². The first kappa shape index (κ1) is 16.2.